The summed E-state index contributed by atoms with van der Waals surface area (Å²) in [6, 6.07) is 7.69. The van der Waals surface area contributed by atoms with Crippen molar-refractivity contribution < 1.29 is 4.79 Å². The second-order valence-electron chi connectivity index (χ2n) is 3.92. The van der Waals surface area contributed by atoms with Crippen molar-refractivity contribution in [2.45, 2.75) is 6.92 Å². The zero-order valence-corrected chi connectivity index (χ0v) is 11.3. The summed E-state index contributed by atoms with van der Waals surface area (Å²) in [5.41, 5.74) is 1.76. The van der Waals surface area contributed by atoms with Crippen LogP contribution in [0.2, 0.25) is 0 Å². The lowest BCUT2D eigenvalue weighted by Crippen LogP contribution is -2.29. The predicted octanol–water partition coefficient (Wildman–Crippen LogP) is 2.32. The van der Waals surface area contributed by atoms with Crippen molar-refractivity contribution in [1.29, 1.82) is 0 Å². The van der Waals surface area contributed by atoms with Crippen molar-refractivity contribution in [1.82, 2.24) is 0 Å². The lowest BCUT2D eigenvalue weighted by molar-refractivity contribution is -0.113. The lowest BCUT2D eigenvalue weighted by Gasteiger charge is -2.25. The Kier molecular flexibility index (Phi) is 4.66. The molecule has 1 amide bonds. The summed E-state index contributed by atoms with van der Waals surface area (Å²) in [7, 11) is 5.40. The standard InChI is InChI=1S/C14H19N3O/c1-6-14(18)17(5)13-10-8-7-9-12(13)16(4)11(2)15-3/h6-10H,1H2,2-5H3. The van der Waals surface area contributed by atoms with Crippen molar-refractivity contribution in [3.8, 4) is 0 Å². The normalized spacial score (nSPS) is 11.0. The Morgan fingerprint density at radius 1 is 1.22 bits per heavy atom. The Morgan fingerprint density at radius 3 is 2.17 bits per heavy atom. The molecule has 0 aliphatic carbocycles. The zero-order valence-electron chi connectivity index (χ0n) is 11.3. The van der Waals surface area contributed by atoms with E-state index >= 15 is 0 Å². The van der Waals surface area contributed by atoms with Crippen LogP contribution in [0.15, 0.2) is 41.9 Å². The van der Waals surface area contributed by atoms with Gasteiger partial charge in [-0.15, -0.1) is 0 Å². The lowest BCUT2D eigenvalue weighted by atomic mass is 10.2. The molecule has 0 unspecified atom stereocenters. The van der Waals surface area contributed by atoms with Crippen molar-refractivity contribution in [3.05, 3.63) is 36.9 Å². The van der Waals surface area contributed by atoms with E-state index in [9.17, 15) is 4.79 Å². The minimum atomic E-state index is -0.137. The molecule has 0 spiro atoms. The first-order valence-corrected chi connectivity index (χ1v) is 5.69. The van der Waals surface area contributed by atoms with Gasteiger partial charge in [0.15, 0.2) is 0 Å². The third-order valence-corrected chi connectivity index (χ3v) is 2.92. The van der Waals surface area contributed by atoms with Crippen LogP contribution >= 0.6 is 0 Å². The van der Waals surface area contributed by atoms with Crippen LogP contribution < -0.4 is 9.80 Å². The molecule has 0 heterocycles. The summed E-state index contributed by atoms with van der Waals surface area (Å²) in [6.45, 7) is 5.43. The van der Waals surface area contributed by atoms with Crippen LogP contribution in [0.1, 0.15) is 6.92 Å². The van der Waals surface area contributed by atoms with E-state index in [1.165, 1.54) is 6.08 Å². The molecule has 0 aliphatic heterocycles. The van der Waals surface area contributed by atoms with E-state index in [4.69, 9.17) is 0 Å². The van der Waals surface area contributed by atoms with Gasteiger partial charge in [-0.1, -0.05) is 18.7 Å². The van der Waals surface area contributed by atoms with E-state index < -0.39 is 0 Å². The largest absolute Gasteiger partial charge is 0.332 e. The molecule has 0 aromatic heterocycles. The van der Waals surface area contributed by atoms with Gasteiger partial charge in [-0.05, 0) is 25.1 Å². The van der Waals surface area contributed by atoms with Crippen LogP contribution in [-0.2, 0) is 4.79 Å². The van der Waals surface area contributed by atoms with Gasteiger partial charge >= 0.3 is 0 Å². The van der Waals surface area contributed by atoms with E-state index in [-0.39, 0.29) is 5.91 Å². The maximum absolute atomic E-state index is 11.7. The third kappa shape index (κ3) is 2.77. The number of likely N-dealkylation sites (N-methyl/N-ethyl adjacent to an activating group) is 1. The molecule has 0 saturated carbocycles. The van der Waals surface area contributed by atoms with Gasteiger partial charge in [-0.2, -0.15) is 0 Å². The number of rotatable bonds is 3. The molecule has 18 heavy (non-hydrogen) atoms. The molecule has 1 aromatic rings. The summed E-state index contributed by atoms with van der Waals surface area (Å²) < 4.78 is 0. The Labute approximate surface area is 108 Å². The Balaban J connectivity index is 3.22. The molecule has 0 N–H and O–H groups in total. The van der Waals surface area contributed by atoms with Crippen LogP contribution in [0.3, 0.4) is 0 Å². The number of hydrogen-bond donors (Lipinski definition) is 0. The Hall–Kier alpha value is -2.10. The average molecular weight is 245 g/mol. The van der Waals surface area contributed by atoms with E-state index in [0.29, 0.717) is 0 Å². The SMILES string of the molecule is C=CC(=O)N(C)c1ccccc1N(C)C(C)=NC. The van der Waals surface area contributed by atoms with Gasteiger partial charge in [0.1, 0.15) is 0 Å². The van der Waals surface area contributed by atoms with E-state index in [2.05, 4.69) is 11.6 Å². The van der Waals surface area contributed by atoms with Gasteiger partial charge in [-0.3, -0.25) is 9.79 Å². The summed E-state index contributed by atoms with van der Waals surface area (Å²) in [5.74, 6) is 0.740. The van der Waals surface area contributed by atoms with Crippen LogP contribution in [0.5, 0.6) is 0 Å². The number of benzene rings is 1. The van der Waals surface area contributed by atoms with Gasteiger partial charge < -0.3 is 9.80 Å². The maximum Gasteiger partial charge on any atom is 0.250 e. The minimum absolute atomic E-state index is 0.137. The van der Waals surface area contributed by atoms with Crippen LogP contribution in [-0.4, -0.2) is 32.9 Å². The van der Waals surface area contributed by atoms with Crippen LogP contribution in [0, 0.1) is 0 Å². The second-order valence-corrected chi connectivity index (χ2v) is 3.92. The van der Waals surface area contributed by atoms with Crippen molar-refractivity contribution in [2.24, 2.45) is 4.99 Å². The molecule has 0 atom stereocenters. The van der Waals surface area contributed by atoms with Gasteiger partial charge in [0.25, 0.3) is 0 Å². The number of carbonyl (C=O) groups is 1. The molecule has 0 radical (unpaired) electrons. The predicted molar refractivity (Wildman–Crippen MR) is 77.5 cm³/mol. The molecule has 4 nitrogen and oxygen atoms in total. The Bertz CT molecular complexity index is 453. The fourth-order valence-corrected chi connectivity index (χ4v) is 1.61. The highest BCUT2D eigenvalue weighted by Crippen LogP contribution is 2.28. The molecule has 1 rings (SSSR count). The summed E-state index contributed by atoms with van der Waals surface area (Å²) in [5, 5.41) is 0. The molecule has 0 aliphatic rings. The molecule has 0 fully saturated rings. The number of nitrogens with zero attached hydrogens (tertiary/aromatic N) is 3. The zero-order chi connectivity index (χ0) is 13.7. The number of para-hydroxylation sites is 2. The van der Waals surface area contributed by atoms with E-state index in [0.717, 1.165) is 17.2 Å². The number of hydrogen-bond acceptors (Lipinski definition) is 2. The second kappa shape index (κ2) is 6.00. The van der Waals surface area contributed by atoms with Gasteiger partial charge in [0, 0.05) is 21.1 Å². The average Bonchev–Trinajstić information content (AvgIpc) is 2.43. The highest BCUT2D eigenvalue weighted by molar-refractivity contribution is 6.05. The molecule has 4 heteroatoms. The van der Waals surface area contributed by atoms with E-state index in [1.807, 2.05) is 43.1 Å². The first-order valence-electron chi connectivity index (χ1n) is 5.69. The quantitative estimate of drug-likeness (QED) is 0.465. The van der Waals surface area contributed by atoms with Gasteiger partial charge in [-0.25, -0.2) is 0 Å². The fourth-order valence-electron chi connectivity index (χ4n) is 1.61. The summed E-state index contributed by atoms with van der Waals surface area (Å²) in [4.78, 5) is 19.4. The summed E-state index contributed by atoms with van der Waals surface area (Å²) in [6.07, 6.45) is 1.30. The fraction of sp³-hybridized carbons (Fsp3) is 0.286. The number of amidine groups is 1. The number of amides is 1. The summed E-state index contributed by atoms with van der Waals surface area (Å²) >= 11 is 0. The molecule has 0 bridgehead atoms. The van der Waals surface area contributed by atoms with Gasteiger partial charge in [0.05, 0.1) is 17.2 Å². The van der Waals surface area contributed by atoms with Crippen molar-refractivity contribution in [3.63, 3.8) is 0 Å². The van der Waals surface area contributed by atoms with Gasteiger partial charge in [0.2, 0.25) is 5.91 Å². The first kappa shape index (κ1) is 14.0. The smallest absolute Gasteiger partial charge is 0.250 e. The minimum Gasteiger partial charge on any atom is -0.332 e. The monoisotopic (exact) mass is 245 g/mol. The molecule has 1 aromatic carbocycles. The highest BCUT2D eigenvalue weighted by atomic mass is 16.2. The molecular weight excluding hydrogens is 226 g/mol. The molecular formula is C14H19N3O. The highest BCUT2D eigenvalue weighted by Gasteiger charge is 2.15. The van der Waals surface area contributed by atoms with E-state index in [1.54, 1.807) is 19.0 Å². The number of aliphatic imine (C=N–C) groups is 1. The topological polar surface area (TPSA) is 35.9 Å². The van der Waals surface area contributed by atoms with Crippen LogP contribution in [0.4, 0.5) is 11.4 Å². The molecule has 96 valence electrons. The Morgan fingerprint density at radius 2 is 1.72 bits per heavy atom. The number of carbonyl (C=O) groups excluding carboxylic acids is 1. The van der Waals surface area contributed by atoms with Crippen molar-refractivity contribution >= 4 is 23.1 Å². The number of anilines is 2. The van der Waals surface area contributed by atoms with Crippen molar-refractivity contribution in [2.75, 3.05) is 30.9 Å². The van der Waals surface area contributed by atoms with Crippen LogP contribution in [0.25, 0.3) is 0 Å². The first-order chi connectivity index (χ1) is 8.52. The molecule has 0 saturated heterocycles. The maximum atomic E-state index is 11.7. The third-order valence-electron chi connectivity index (χ3n) is 2.92.